The molecule has 0 radical (unpaired) electrons. The molecule has 234 valence electrons. The summed E-state index contributed by atoms with van der Waals surface area (Å²) in [6, 6.07) is 9.71. The lowest BCUT2D eigenvalue weighted by Crippen LogP contribution is -2.57. The van der Waals surface area contributed by atoms with Crippen LogP contribution in [0.3, 0.4) is 0 Å². The summed E-state index contributed by atoms with van der Waals surface area (Å²) in [7, 11) is 1.32. The second-order valence-corrected chi connectivity index (χ2v) is 13.7. The smallest absolute Gasteiger partial charge is 0.408 e. The number of methoxy groups -OCH3 is 1. The molecule has 2 unspecified atom stereocenters. The Morgan fingerprint density at radius 3 is 2.28 bits per heavy atom. The van der Waals surface area contributed by atoms with Gasteiger partial charge in [0.25, 0.3) is 0 Å². The summed E-state index contributed by atoms with van der Waals surface area (Å²) in [5.74, 6) is -1.73. The Labute approximate surface area is 258 Å². The topological polar surface area (TPSA) is 123 Å². The molecule has 1 saturated carbocycles. The Balaban J connectivity index is 1.77. The minimum absolute atomic E-state index is 0.0762. The number of Topliss-reactive ketones (excluding diaryl/α,β-unsaturated/α-hetero) is 1. The number of ketones is 1. The molecule has 2 atom stereocenters. The lowest BCUT2D eigenvalue weighted by Gasteiger charge is -2.44. The van der Waals surface area contributed by atoms with Gasteiger partial charge in [0.1, 0.15) is 5.60 Å². The van der Waals surface area contributed by atoms with Crippen LogP contribution >= 0.6 is 11.3 Å². The highest BCUT2D eigenvalue weighted by molar-refractivity contribution is 7.09. The molecule has 2 amide bonds. The number of carbonyl (C=O) groups is 4. The lowest BCUT2D eigenvalue weighted by molar-refractivity contribution is -0.141. The Kier molecular flexibility index (Phi) is 11.0. The molecule has 1 aromatic carbocycles. The number of piperidine rings is 1. The molecule has 2 aliphatic rings. The average molecular weight is 612 g/mol. The summed E-state index contributed by atoms with van der Waals surface area (Å²) in [4.78, 5) is 55.5. The van der Waals surface area contributed by atoms with Crippen molar-refractivity contribution in [2.75, 3.05) is 20.2 Å². The Morgan fingerprint density at radius 1 is 1.02 bits per heavy atom. The van der Waals surface area contributed by atoms with Crippen molar-refractivity contribution in [2.45, 2.75) is 95.7 Å². The summed E-state index contributed by atoms with van der Waals surface area (Å²) in [5.41, 5.74) is -0.818. The summed E-state index contributed by atoms with van der Waals surface area (Å²) in [6.07, 6.45) is 5.65. The first kappa shape index (κ1) is 32.7. The standard InChI is InChI=1S/C33H45N3O6S/c1-32(2,3)42-31(40)36-26(21-25-11-8-20-43-25)28(37)27(22-12-14-23(15-13-22)29(38)41-4)33(16-18-34-19-17-33)30(39)35-24-9-6-5-7-10-24/h8,11-15,20,24,26-27,34H,5-7,9-10,16-19,21H2,1-4H3,(H,35,39)(H,36,40). The molecular formula is C33H45N3O6S. The maximum absolute atomic E-state index is 14.9. The zero-order chi connectivity index (χ0) is 31.0. The van der Waals surface area contributed by atoms with E-state index >= 15 is 0 Å². The summed E-state index contributed by atoms with van der Waals surface area (Å²) < 4.78 is 10.4. The molecule has 1 saturated heterocycles. The number of benzene rings is 1. The number of alkyl carbamates (subject to hydrolysis) is 1. The maximum atomic E-state index is 14.9. The van der Waals surface area contributed by atoms with Crippen molar-refractivity contribution in [3.63, 3.8) is 0 Å². The second-order valence-electron chi connectivity index (χ2n) is 12.6. The van der Waals surface area contributed by atoms with Crippen molar-refractivity contribution in [3.05, 3.63) is 57.8 Å². The number of hydrogen-bond acceptors (Lipinski definition) is 8. The second kappa shape index (κ2) is 14.5. The predicted molar refractivity (Wildman–Crippen MR) is 166 cm³/mol. The number of esters is 1. The van der Waals surface area contributed by atoms with Gasteiger partial charge >= 0.3 is 12.1 Å². The highest BCUT2D eigenvalue weighted by atomic mass is 32.1. The number of nitrogens with one attached hydrogen (secondary N) is 3. The van der Waals surface area contributed by atoms with Crippen LogP contribution in [0.25, 0.3) is 0 Å². The molecule has 0 bridgehead atoms. The molecule has 0 spiro atoms. The van der Waals surface area contributed by atoms with Crippen LogP contribution in [0.5, 0.6) is 0 Å². The van der Waals surface area contributed by atoms with Gasteiger partial charge in [0.2, 0.25) is 5.91 Å². The third-order valence-corrected chi connectivity index (χ3v) is 9.31. The van der Waals surface area contributed by atoms with Crippen molar-refractivity contribution in [1.29, 1.82) is 0 Å². The third-order valence-electron chi connectivity index (χ3n) is 8.41. The van der Waals surface area contributed by atoms with Crippen molar-refractivity contribution < 1.29 is 28.7 Å². The fourth-order valence-electron chi connectivity index (χ4n) is 6.28. The van der Waals surface area contributed by atoms with Crippen LogP contribution in [0.1, 0.15) is 92.4 Å². The highest BCUT2D eigenvalue weighted by Gasteiger charge is 2.52. The van der Waals surface area contributed by atoms with Crippen LogP contribution < -0.4 is 16.0 Å². The van der Waals surface area contributed by atoms with E-state index in [2.05, 4.69) is 16.0 Å². The van der Waals surface area contributed by atoms with Gasteiger partial charge in [-0.3, -0.25) is 9.59 Å². The molecular weight excluding hydrogens is 566 g/mol. The maximum Gasteiger partial charge on any atom is 0.408 e. The Bertz CT molecular complexity index is 1240. The monoisotopic (exact) mass is 611 g/mol. The van der Waals surface area contributed by atoms with E-state index in [0.29, 0.717) is 37.1 Å². The van der Waals surface area contributed by atoms with E-state index in [1.165, 1.54) is 18.4 Å². The Hall–Kier alpha value is -3.24. The molecule has 1 aliphatic carbocycles. The summed E-state index contributed by atoms with van der Waals surface area (Å²) in [5, 5.41) is 11.5. The number of thiophene rings is 1. The zero-order valence-electron chi connectivity index (χ0n) is 25.7. The number of ether oxygens (including phenoxy) is 2. The molecule has 2 aromatic rings. The zero-order valence-corrected chi connectivity index (χ0v) is 26.5. The quantitative estimate of drug-likeness (QED) is 0.318. The molecule has 4 rings (SSSR count). The highest BCUT2D eigenvalue weighted by Crippen LogP contribution is 2.45. The van der Waals surface area contributed by atoms with Crippen LogP contribution in [0, 0.1) is 5.41 Å². The van der Waals surface area contributed by atoms with Crippen molar-refractivity contribution in [2.24, 2.45) is 5.41 Å². The van der Waals surface area contributed by atoms with E-state index in [4.69, 9.17) is 9.47 Å². The van der Waals surface area contributed by atoms with Gasteiger partial charge in [-0.05, 0) is 88.7 Å². The van der Waals surface area contributed by atoms with Crippen LogP contribution in [-0.2, 0) is 25.5 Å². The summed E-state index contributed by atoms with van der Waals surface area (Å²) >= 11 is 1.50. The first-order valence-electron chi connectivity index (χ1n) is 15.3. The van der Waals surface area contributed by atoms with E-state index < -0.39 is 35.0 Å². The molecule has 10 heteroatoms. The fraction of sp³-hybridized carbons (Fsp3) is 0.576. The van der Waals surface area contributed by atoms with E-state index in [0.717, 1.165) is 37.0 Å². The van der Waals surface area contributed by atoms with E-state index in [1.54, 1.807) is 45.0 Å². The molecule has 1 aliphatic heterocycles. The van der Waals surface area contributed by atoms with Crippen molar-refractivity contribution in [1.82, 2.24) is 16.0 Å². The van der Waals surface area contributed by atoms with Crippen LogP contribution in [0.4, 0.5) is 4.79 Å². The first-order valence-corrected chi connectivity index (χ1v) is 16.2. The van der Waals surface area contributed by atoms with Gasteiger partial charge in [-0.1, -0.05) is 37.5 Å². The van der Waals surface area contributed by atoms with E-state index in [9.17, 15) is 19.2 Å². The average Bonchev–Trinajstić information content (AvgIpc) is 3.50. The van der Waals surface area contributed by atoms with Crippen LogP contribution in [0.2, 0.25) is 0 Å². The van der Waals surface area contributed by atoms with Gasteiger partial charge < -0.3 is 25.4 Å². The SMILES string of the molecule is COC(=O)c1ccc(C(C(=O)C(Cc2cccs2)NC(=O)OC(C)(C)C)C2(C(=O)NC3CCCCC3)CCNCC2)cc1. The minimum Gasteiger partial charge on any atom is -0.465 e. The first-order chi connectivity index (χ1) is 20.5. The van der Waals surface area contributed by atoms with Crippen molar-refractivity contribution in [3.8, 4) is 0 Å². The van der Waals surface area contributed by atoms with E-state index in [1.807, 2.05) is 17.5 Å². The number of amides is 2. The number of rotatable bonds is 10. The van der Waals surface area contributed by atoms with Gasteiger partial charge in [-0.2, -0.15) is 0 Å². The van der Waals surface area contributed by atoms with Gasteiger partial charge in [-0.15, -0.1) is 11.3 Å². The number of carbonyl (C=O) groups excluding carboxylic acids is 4. The van der Waals surface area contributed by atoms with Gasteiger partial charge in [0.15, 0.2) is 5.78 Å². The molecule has 43 heavy (non-hydrogen) atoms. The predicted octanol–water partition coefficient (Wildman–Crippen LogP) is 5.14. The normalized spacial score (nSPS) is 18.6. The van der Waals surface area contributed by atoms with E-state index in [-0.39, 0.29) is 24.2 Å². The van der Waals surface area contributed by atoms with Crippen LogP contribution in [-0.4, -0.2) is 61.6 Å². The summed E-state index contributed by atoms with van der Waals surface area (Å²) in [6.45, 7) is 6.48. The number of hydrogen-bond donors (Lipinski definition) is 3. The van der Waals surface area contributed by atoms with Gasteiger partial charge in [0, 0.05) is 17.3 Å². The minimum atomic E-state index is -1.05. The largest absolute Gasteiger partial charge is 0.465 e. The van der Waals surface area contributed by atoms with Gasteiger partial charge in [0.05, 0.1) is 30.0 Å². The van der Waals surface area contributed by atoms with Gasteiger partial charge in [-0.25, -0.2) is 9.59 Å². The lowest BCUT2D eigenvalue weighted by atomic mass is 9.63. The molecule has 2 fully saturated rings. The Morgan fingerprint density at radius 2 is 1.70 bits per heavy atom. The van der Waals surface area contributed by atoms with Crippen LogP contribution in [0.15, 0.2) is 41.8 Å². The van der Waals surface area contributed by atoms with Crippen molar-refractivity contribution >= 4 is 35.1 Å². The molecule has 9 nitrogen and oxygen atoms in total. The molecule has 3 N–H and O–H groups in total. The third kappa shape index (κ3) is 8.44. The fourth-order valence-corrected chi connectivity index (χ4v) is 7.04. The molecule has 1 aromatic heterocycles. The molecule has 2 heterocycles.